The number of rotatable bonds is 7. The fraction of sp³-hybridized carbons (Fsp3) is 0.273. The van der Waals surface area contributed by atoms with Gasteiger partial charge in [0.1, 0.15) is 5.82 Å². The van der Waals surface area contributed by atoms with Crippen LogP contribution in [0.4, 0.5) is 11.4 Å². The molecule has 2 N–H and O–H groups in total. The second kappa shape index (κ2) is 9.58. The van der Waals surface area contributed by atoms with Gasteiger partial charge in [0.2, 0.25) is 11.8 Å². The van der Waals surface area contributed by atoms with Crippen molar-refractivity contribution in [1.29, 1.82) is 0 Å². The molecule has 0 saturated carbocycles. The predicted octanol–water partition coefficient (Wildman–Crippen LogP) is 3.65. The molecule has 2 amide bonds. The highest BCUT2D eigenvalue weighted by Gasteiger charge is 2.15. The highest BCUT2D eigenvalue weighted by Crippen LogP contribution is 2.19. The third-order valence-electron chi connectivity index (χ3n) is 4.79. The van der Waals surface area contributed by atoms with Gasteiger partial charge in [0.05, 0.1) is 12.2 Å². The molecule has 1 heterocycles. The zero-order valence-electron chi connectivity index (χ0n) is 17.5. The number of nitrogens with zero attached hydrogens (tertiary/aromatic N) is 3. The normalized spacial score (nSPS) is 10.7. The minimum Gasteiger partial charge on any atom is -0.326 e. The summed E-state index contributed by atoms with van der Waals surface area (Å²) in [4.78, 5) is 24.6. The quantitative estimate of drug-likeness (QED) is 0.566. The molecule has 3 aromatic rings. The van der Waals surface area contributed by atoms with Crippen molar-refractivity contribution in [3.8, 4) is 0 Å². The Morgan fingerprint density at radius 2 is 1.70 bits per heavy atom. The van der Waals surface area contributed by atoms with Crippen molar-refractivity contribution in [2.75, 3.05) is 16.4 Å². The summed E-state index contributed by atoms with van der Waals surface area (Å²) in [6, 6.07) is 13.4. The minimum atomic E-state index is -0.164. The molecular formula is C22H25N5O2S. The first-order chi connectivity index (χ1) is 14.3. The number of nitrogens with one attached hydrogen (secondary N) is 2. The summed E-state index contributed by atoms with van der Waals surface area (Å²) < 4.78 is 1.74. The van der Waals surface area contributed by atoms with E-state index in [1.54, 1.807) is 11.6 Å². The first-order valence-corrected chi connectivity index (χ1v) is 10.6. The first kappa shape index (κ1) is 21.6. The molecule has 30 heavy (non-hydrogen) atoms. The second-order valence-electron chi connectivity index (χ2n) is 7.13. The maximum atomic E-state index is 12.4. The van der Waals surface area contributed by atoms with Gasteiger partial charge >= 0.3 is 0 Å². The van der Waals surface area contributed by atoms with Crippen molar-refractivity contribution in [3.05, 3.63) is 65.0 Å². The summed E-state index contributed by atoms with van der Waals surface area (Å²) in [5.41, 5.74) is 4.85. The lowest BCUT2D eigenvalue weighted by Gasteiger charge is -2.08. The number of benzene rings is 2. The third kappa shape index (κ3) is 5.48. The Morgan fingerprint density at radius 3 is 2.43 bits per heavy atom. The number of hydrogen-bond acceptors (Lipinski definition) is 5. The van der Waals surface area contributed by atoms with Crippen molar-refractivity contribution in [1.82, 2.24) is 14.8 Å². The molecule has 0 radical (unpaired) electrons. The highest BCUT2D eigenvalue weighted by molar-refractivity contribution is 7.99. The number of amides is 2. The lowest BCUT2D eigenvalue weighted by Crippen LogP contribution is -2.17. The third-order valence-corrected chi connectivity index (χ3v) is 5.81. The maximum Gasteiger partial charge on any atom is 0.234 e. The molecule has 156 valence electrons. The monoisotopic (exact) mass is 423 g/mol. The van der Waals surface area contributed by atoms with E-state index in [-0.39, 0.29) is 24.0 Å². The average molecular weight is 424 g/mol. The van der Waals surface area contributed by atoms with E-state index in [4.69, 9.17) is 0 Å². The van der Waals surface area contributed by atoms with E-state index in [0.717, 1.165) is 22.5 Å². The summed E-state index contributed by atoms with van der Waals surface area (Å²) in [6.45, 7) is 5.98. The number of para-hydroxylation sites is 1. The van der Waals surface area contributed by atoms with Crippen LogP contribution in [-0.2, 0) is 23.1 Å². The number of thioether (sulfide) groups is 1. The molecule has 0 spiro atoms. The lowest BCUT2D eigenvalue weighted by molar-refractivity contribution is -0.116. The fourth-order valence-corrected chi connectivity index (χ4v) is 3.55. The van der Waals surface area contributed by atoms with Crippen molar-refractivity contribution < 1.29 is 9.59 Å². The van der Waals surface area contributed by atoms with Gasteiger partial charge in [0.15, 0.2) is 5.16 Å². The van der Waals surface area contributed by atoms with Crippen LogP contribution >= 0.6 is 11.8 Å². The average Bonchev–Trinajstić information content (AvgIpc) is 3.04. The molecule has 1 aromatic heterocycles. The molecule has 2 aromatic carbocycles. The number of carbonyl (C=O) groups is 2. The largest absolute Gasteiger partial charge is 0.326 e. The van der Waals surface area contributed by atoms with E-state index < -0.39 is 0 Å². The number of carbonyl (C=O) groups excluding carboxylic acids is 2. The molecule has 7 nitrogen and oxygen atoms in total. The Labute approximate surface area is 180 Å². The standard InChI is InChI=1S/C22H25N5O2S/c1-14-9-10-17(11-16(14)3)23-20(28)12-19-25-26-22(27(19)4)30-13-21(29)24-18-8-6-5-7-15(18)2/h5-11H,12-13H2,1-4H3,(H,23,28)(H,24,29). The number of anilines is 2. The van der Waals surface area contributed by atoms with Crippen LogP contribution in [0.1, 0.15) is 22.5 Å². The molecule has 0 aliphatic heterocycles. The Kier molecular flexibility index (Phi) is 6.89. The van der Waals surface area contributed by atoms with Crippen LogP contribution in [-0.4, -0.2) is 32.3 Å². The Hall–Kier alpha value is -3.13. The molecule has 0 unspecified atom stereocenters. The molecule has 0 aliphatic carbocycles. The van der Waals surface area contributed by atoms with Gasteiger partial charge in [-0.05, 0) is 55.7 Å². The van der Waals surface area contributed by atoms with Gasteiger partial charge in [-0.1, -0.05) is 36.0 Å². The van der Waals surface area contributed by atoms with Gasteiger partial charge in [-0.15, -0.1) is 10.2 Å². The summed E-state index contributed by atoms with van der Waals surface area (Å²) in [5.74, 6) is 0.460. The van der Waals surface area contributed by atoms with Crippen molar-refractivity contribution in [3.63, 3.8) is 0 Å². The van der Waals surface area contributed by atoms with Gasteiger partial charge in [0.25, 0.3) is 0 Å². The van der Waals surface area contributed by atoms with E-state index in [1.807, 2.05) is 63.2 Å². The number of aromatic nitrogens is 3. The van der Waals surface area contributed by atoms with Gasteiger partial charge in [-0.3, -0.25) is 9.59 Å². The Balaban J connectivity index is 1.55. The van der Waals surface area contributed by atoms with E-state index in [1.165, 1.54) is 17.3 Å². The van der Waals surface area contributed by atoms with Crippen LogP contribution < -0.4 is 10.6 Å². The molecule has 8 heteroatoms. The number of hydrogen-bond donors (Lipinski definition) is 2. The molecule has 0 saturated heterocycles. The van der Waals surface area contributed by atoms with E-state index in [9.17, 15) is 9.59 Å². The summed E-state index contributed by atoms with van der Waals surface area (Å²) >= 11 is 1.28. The highest BCUT2D eigenvalue weighted by atomic mass is 32.2. The zero-order chi connectivity index (χ0) is 21.7. The van der Waals surface area contributed by atoms with Gasteiger partial charge in [-0.25, -0.2) is 0 Å². The smallest absolute Gasteiger partial charge is 0.234 e. The van der Waals surface area contributed by atoms with Gasteiger partial charge in [0, 0.05) is 18.4 Å². The van der Waals surface area contributed by atoms with Crippen LogP contribution in [0.5, 0.6) is 0 Å². The Bertz CT molecular complexity index is 1080. The predicted molar refractivity (Wildman–Crippen MR) is 120 cm³/mol. The molecule has 0 bridgehead atoms. The SMILES string of the molecule is Cc1ccc(NC(=O)Cc2nnc(SCC(=O)Nc3ccccc3C)n2C)cc1C. The lowest BCUT2D eigenvalue weighted by atomic mass is 10.1. The summed E-state index contributed by atoms with van der Waals surface area (Å²) in [5, 5.41) is 14.6. The molecular weight excluding hydrogens is 398 g/mol. The van der Waals surface area contributed by atoms with E-state index in [0.29, 0.717) is 11.0 Å². The topological polar surface area (TPSA) is 88.9 Å². The number of aryl methyl sites for hydroxylation is 3. The first-order valence-electron chi connectivity index (χ1n) is 9.57. The van der Waals surface area contributed by atoms with E-state index >= 15 is 0 Å². The van der Waals surface area contributed by atoms with Gasteiger partial charge in [-0.2, -0.15) is 0 Å². The van der Waals surface area contributed by atoms with Crippen LogP contribution in [0.2, 0.25) is 0 Å². The van der Waals surface area contributed by atoms with Gasteiger partial charge < -0.3 is 15.2 Å². The van der Waals surface area contributed by atoms with Crippen LogP contribution in [0.15, 0.2) is 47.6 Å². The Morgan fingerprint density at radius 1 is 0.933 bits per heavy atom. The zero-order valence-corrected chi connectivity index (χ0v) is 18.3. The van der Waals surface area contributed by atoms with Crippen molar-refractivity contribution in [2.45, 2.75) is 32.3 Å². The van der Waals surface area contributed by atoms with Crippen LogP contribution in [0.25, 0.3) is 0 Å². The molecule has 0 atom stereocenters. The van der Waals surface area contributed by atoms with E-state index in [2.05, 4.69) is 20.8 Å². The van der Waals surface area contributed by atoms with Crippen molar-refractivity contribution in [2.24, 2.45) is 7.05 Å². The van der Waals surface area contributed by atoms with Crippen molar-refractivity contribution >= 4 is 35.0 Å². The van der Waals surface area contributed by atoms with Crippen LogP contribution in [0.3, 0.4) is 0 Å². The summed E-state index contributed by atoms with van der Waals surface area (Å²) in [7, 11) is 1.79. The molecule has 0 aliphatic rings. The fourth-order valence-electron chi connectivity index (χ4n) is 2.82. The second-order valence-corrected chi connectivity index (χ2v) is 8.08. The molecule has 0 fully saturated rings. The minimum absolute atomic E-state index is 0.104. The maximum absolute atomic E-state index is 12.4. The molecule has 3 rings (SSSR count). The summed E-state index contributed by atoms with van der Waals surface area (Å²) in [6.07, 6.45) is 0.104. The van der Waals surface area contributed by atoms with Crippen LogP contribution in [0, 0.1) is 20.8 Å².